The van der Waals surface area contributed by atoms with Gasteiger partial charge in [0.2, 0.25) is 0 Å². The molecule has 0 atom stereocenters. The van der Waals surface area contributed by atoms with Gasteiger partial charge in [-0.25, -0.2) is 8.78 Å². The molecular formula is C8H14F2O2. The summed E-state index contributed by atoms with van der Waals surface area (Å²) in [5.41, 5.74) is 0. The molecular weight excluding hydrogens is 166 g/mol. The molecule has 72 valence electrons. The first kappa shape index (κ1) is 11.5. The number of carbonyl (C=O) groups excluding carboxylic acids is 1. The van der Waals surface area contributed by atoms with Gasteiger partial charge in [0.15, 0.2) is 0 Å². The minimum Gasteiger partial charge on any atom is -0.390 e. The zero-order valence-corrected chi connectivity index (χ0v) is 7.31. The third kappa shape index (κ3) is 4.38. The first-order valence-corrected chi connectivity index (χ1v) is 3.90. The van der Waals surface area contributed by atoms with Crippen LogP contribution in [0.2, 0.25) is 0 Å². The van der Waals surface area contributed by atoms with Crippen molar-refractivity contribution in [2.24, 2.45) is 5.92 Å². The third-order valence-electron chi connectivity index (χ3n) is 1.61. The molecule has 0 aromatic heterocycles. The average molecular weight is 180 g/mol. The van der Waals surface area contributed by atoms with E-state index >= 15 is 0 Å². The molecule has 0 rings (SSSR count). The Morgan fingerprint density at radius 1 is 1.50 bits per heavy atom. The molecule has 0 aromatic rings. The normalized spacial score (nSPS) is 12.2. The number of halogens is 2. The highest BCUT2D eigenvalue weighted by Gasteiger charge is 2.28. The molecule has 0 amide bonds. The van der Waals surface area contributed by atoms with Crippen LogP contribution in [0.1, 0.15) is 26.7 Å². The van der Waals surface area contributed by atoms with Crippen molar-refractivity contribution in [2.45, 2.75) is 32.6 Å². The topological polar surface area (TPSA) is 37.3 Å². The van der Waals surface area contributed by atoms with Gasteiger partial charge in [-0.05, 0) is 0 Å². The molecule has 2 nitrogen and oxygen atoms in total. The van der Waals surface area contributed by atoms with Crippen molar-refractivity contribution >= 4 is 5.78 Å². The Morgan fingerprint density at radius 3 is 2.33 bits per heavy atom. The first-order valence-electron chi connectivity index (χ1n) is 3.90. The van der Waals surface area contributed by atoms with Crippen molar-refractivity contribution < 1.29 is 18.7 Å². The number of carbonyl (C=O) groups is 1. The monoisotopic (exact) mass is 180 g/mol. The van der Waals surface area contributed by atoms with Gasteiger partial charge in [-0.1, -0.05) is 13.8 Å². The van der Waals surface area contributed by atoms with E-state index in [0.717, 1.165) is 0 Å². The van der Waals surface area contributed by atoms with Crippen LogP contribution in [0.15, 0.2) is 0 Å². The van der Waals surface area contributed by atoms with Crippen molar-refractivity contribution in [3.05, 3.63) is 0 Å². The van der Waals surface area contributed by atoms with Gasteiger partial charge in [0, 0.05) is 18.8 Å². The smallest absolute Gasteiger partial charge is 0.271 e. The lowest BCUT2D eigenvalue weighted by atomic mass is 10.0. The second-order valence-corrected chi connectivity index (χ2v) is 3.14. The standard InChI is InChI=1S/C8H14F2O2/c1-6(2)7(12)3-4-8(9,10)5-11/h6,11H,3-5H2,1-2H3. The van der Waals surface area contributed by atoms with Gasteiger partial charge in [-0.2, -0.15) is 0 Å². The number of hydrogen-bond donors (Lipinski definition) is 1. The van der Waals surface area contributed by atoms with Crippen LogP contribution in [0.4, 0.5) is 8.78 Å². The number of alkyl halides is 2. The van der Waals surface area contributed by atoms with Crippen molar-refractivity contribution in [3.63, 3.8) is 0 Å². The van der Waals surface area contributed by atoms with Crippen LogP contribution in [-0.2, 0) is 4.79 Å². The predicted octanol–water partition coefficient (Wildman–Crippen LogP) is 1.62. The highest BCUT2D eigenvalue weighted by Crippen LogP contribution is 2.20. The highest BCUT2D eigenvalue weighted by molar-refractivity contribution is 5.80. The molecule has 0 radical (unpaired) electrons. The maximum atomic E-state index is 12.4. The SMILES string of the molecule is CC(C)C(=O)CCC(F)(F)CO. The molecule has 0 aliphatic heterocycles. The highest BCUT2D eigenvalue weighted by atomic mass is 19.3. The molecule has 0 aliphatic rings. The summed E-state index contributed by atoms with van der Waals surface area (Å²) >= 11 is 0. The lowest BCUT2D eigenvalue weighted by Crippen LogP contribution is -2.23. The Bertz CT molecular complexity index is 155. The largest absolute Gasteiger partial charge is 0.390 e. The molecule has 0 bridgehead atoms. The van der Waals surface area contributed by atoms with Crippen LogP contribution in [0.3, 0.4) is 0 Å². The fraction of sp³-hybridized carbons (Fsp3) is 0.875. The van der Waals surface area contributed by atoms with Gasteiger partial charge in [0.1, 0.15) is 12.4 Å². The van der Waals surface area contributed by atoms with Crippen LogP contribution < -0.4 is 0 Å². The summed E-state index contributed by atoms with van der Waals surface area (Å²) in [7, 11) is 0. The van der Waals surface area contributed by atoms with Crippen molar-refractivity contribution in [3.8, 4) is 0 Å². The fourth-order valence-electron chi connectivity index (χ4n) is 0.674. The third-order valence-corrected chi connectivity index (χ3v) is 1.61. The molecule has 0 spiro atoms. The Kier molecular flexibility index (Phi) is 4.31. The molecule has 1 N–H and O–H groups in total. The lowest BCUT2D eigenvalue weighted by Gasteiger charge is -2.12. The molecule has 0 saturated carbocycles. The Labute approximate surface area is 70.6 Å². The number of hydrogen-bond acceptors (Lipinski definition) is 2. The van der Waals surface area contributed by atoms with E-state index in [-0.39, 0.29) is 18.1 Å². The van der Waals surface area contributed by atoms with Crippen LogP contribution in [0.25, 0.3) is 0 Å². The van der Waals surface area contributed by atoms with Gasteiger partial charge in [-0.15, -0.1) is 0 Å². The summed E-state index contributed by atoms with van der Waals surface area (Å²) < 4.78 is 24.7. The van der Waals surface area contributed by atoms with E-state index in [2.05, 4.69) is 0 Å². The van der Waals surface area contributed by atoms with E-state index in [4.69, 9.17) is 5.11 Å². The summed E-state index contributed by atoms with van der Waals surface area (Å²) in [6, 6.07) is 0. The van der Waals surface area contributed by atoms with Gasteiger partial charge in [0.25, 0.3) is 5.92 Å². The van der Waals surface area contributed by atoms with Crippen LogP contribution >= 0.6 is 0 Å². The Hall–Kier alpha value is -0.510. The fourth-order valence-corrected chi connectivity index (χ4v) is 0.674. The number of ketones is 1. The number of Topliss-reactive ketones (excluding diaryl/α,β-unsaturated/α-hetero) is 1. The summed E-state index contributed by atoms with van der Waals surface area (Å²) in [5.74, 6) is -3.51. The Balaban J connectivity index is 3.76. The molecule has 0 saturated heterocycles. The number of aliphatic hydroxyl groups is 1. The molecule has 0 heterocycles. The summed E-state index contributed by atoms with van der Waals surface area (Å²) in [6.07, 6.45) is -0.717. The van der Waals surface area contributed by atoms with Gasteiger partial charge in [-0.3, -0.25) is 4.79 Å². The zero-order valence-electron chi connectivity index (χ0n) is 7.31. The van der Waals surface area contributed by atoms with Crippen LogP contribution in [-0.4, -0.2) is 23.4 Å². The van der Waals surface area contributed by atoms with Crippen molar-refractivity contribution in [2.75, 3.05) is 6.61 Å². The van der Waals surface area contributed by atoms with Gasteiger partial charge in [0.05, 0.1) is 0 Å². The maximum Gasteiger partial charge on any atom is 0.271 e. The van der Waals surface area contributed by atoms with E-state index in [0.29, 0.717) is 0 Å². The second-order valence-electron chi connectivity index (χ2n) is 3.14. The molecule has 12 heavy (non-hydrogen) atoms. The molecule has 0 aliphatic carbocycles. The zero-order chi connectivity index (χ0) is 9.78. The van der Waals surface area contributed by atoms with Crippen LogP contribution in [0, 0.1) is 5.92 Å². The maximum absolute atomic E-state index is 12.4. The quantitative estimate of drug-likeness (QED) is 0.698. The van der Waals surface area contributed by atoms with Gasteiger partial charge < -0.3 is 5.11 Å². The first-order chi connectivity index (χ1) is 5.39. The molecule has 0 fully saturated rings. The number of rotatable bonds is 5. The molecule has 4 heteroatoms. The van der Waals surface area contributed by atoms with E-state index in [1.807, 2.05) is 0 Å². The average Bonchev–Trinajstić information content (AvgIpc) is 2.00. The minimum absolute atomic E-state index is 0.161. The van der Waals surface area contributed by atoms with Crippen LogP contribution in [0.5, 0.6) is 0 Å². The van der Waals surface area contributed by atoms with E-state index in [1.165, 1.54) is 0 Å². The van der Waals surface area contributed by atoms with Crippen molar-refractivity contribution in [1.29, 1.82) is 0 Å². The van der Waals surface area contributed by atoms with E-state index in [1.54, 1.807) is 13.8 Å². The lowest BCUT2D eigenvalue weighted by molar-refractivity contribution is -0.125. The number of aliphatic hydroxyl groups excluding tert-OH is 1. The molecule has 0 aromatic carbocycles. The van der Waals surface area contributed by atoms with Crippen molar-refractivity contribution in [1.82, 2.24) is 0 Å². The summed E-state index contributed by atoms with van der Waals surface area (Å²) in [4.78, 5) is 10.9. The summed E-state index contributed by atoms with van der Waals surface area (Å²) in [6.45, 7) is 2.15. The summed E-state index contributed by atoms with van der Waals surface area (Å²) in [5, 5.41) is 8.18. The Morgan fingerprint density at radius 2 is 2.00 bits per heavy atom. The minimum atomic E-state index is -3.11. The van der Waals surface area contributed by atoms with E-state index < -0.39 is 19.0 Å². The second kappa shape index (κ2) is 4.50. The predicted molar refractivity (Wildman–Crippen MR) is 41.1 cm³/mol. The van der Waals surface area contributed by atoms with E-state index in [9.17, 15) is 13.6 Å². The molecule has 0 unspecified atom stereocenters. The van der Waals surface area contributed by atoms with Gasteiger partial charge >= 0.3 is 0 Å².